The van der Waals surface area contributed by atoms with E-state index in [1.165, 1.54) is 16.8 Å². The molecule has 2 aliphatic heterocycles. The van der Waals surface area contributed by atoms with E-state index in [-0.39, 0.29) is 5.41 Å². The van der Waals surface area contributed by atoms with E-state index in [4.69, 9.17) is 14.5 Å². The van der Waals surface area contributed by atoms with Crippen LogP contribution in [0.1, 0.15) is 30.8 Å². The van der Waals surface area contributed by atoms with Crippen molar-refractivity contribution in [3.8, 4) is 5.69 Å². The van der Waals surface area contributed by atoms with Crippen LogP contribution in [0, 0.1) is 0 Å². The highest BCUT2D eigenvalue weighted by Crippen LogP contribution is 2.28. The molecule has 3 heterocycles. The number of rotatable bonds is 4. The third-order valence-corrected chi connectivity index (χ3v) is 4.95. The van der Waals surface area contributed by atoms with Crippen molar-refractivity contribution in [2.24, 2.45) is 0 Å². The molecule has 1 aromatic carbocycles. The minimum absolute atomic E-state index is 0.0314. The van der Waals surface area contributed by atoms with Crippen LogP contribution in [-0.4, -0.2) is 47.3 Å². The quantitative estimate of drug-likeness (QED) is 0.865. The second kappa shape index (κ2) is 6.31. The van der Waals surface area contributed by atoms with Gasteiger partial charge in [-0.2, -0.15) is 0 Å². The molecular weight excluding hydrogens is 302 g/mol. The second-order valence-corrected chi connectivity index (χ2v) is 7.34. The average Bonchev–Trinajstić information content (AvgIpc) is 3.24. The number of hydrogen-bond acceptors (Lipinski definition) is 4. The first-order valence-electron chi connectivity index (χ1n) is 8.67. The molecule has 1 aromatic heterocycles. The molecule has 0 amide bonds. The van der Waals surface area contributed by atoms with E-state index in [2.05, 4.69) is 47.7 Å². The smallest absolute Gasteiger partial charge is 0.120 e. The van der Waals surface area contributed by atoms with Crippen molar-refractivity contribution in [2.45, 2.75) is 32.5 Å². The monoisotopic (exact) mass is 327 g/mol. The molecular formula is C19H25N3O2. The van der Waals surface area contributed by atoms with Gasteiger partial charge < -0.3 is 14.0 Å². The van der Waals surface area contributed by atoms with E-state index in [0.29, 0.717) is 6.61 Å². The number of imidazole rings is 1. The maximum absolute atomic E-state index is 5.54. The van der Waals surface area contributed by atoms with E-state index in [1.54, 1.807) is 0 Å². The molecule has 2 aromatic rings. The summed E-state index contributed by atoms with van der Waals surface area (Å²) in [7, 11) is 0. The van der Waals surface area contributed by atoms with Gasteiger partial charge in [-0.1, -0.05) is 19.9 Å². The summed E-state index contributed by atoms with van der Waals surface area (Å²) in [5.41, 5.74) is 3.73. The lowest BCUT2D eigenvalue weighted by molar-refractivity contribution is 0.0288. The molecule has 0 unspecified atom stereocenters. The van der Waals surface area contributed by atoms with Crippen molar-refractivity contribution in [3.05, 3.63) is 47.5 Å². The van der Waals surface area contributed by atoms with Crippen molar-refractivity contribution in [1.82, 2.24) is 14.5 Å². The van der Waals surface area contributed by atoms with Crippen LogP contribution in [0.25, 0.3) is 5.69 Å². The highest BCUT2D eigenvalue weighted by atomic mass is 16.5. The standard InChI is InChI=1S/C19H25N3O2/c1-19(2,14-21-7-9-23-10-8-21)18-20-5-6-22(18)17-4-3-15-12-24-13-16(15)11-17/h3-6,11H,7-10,12-14H2,1-2H3. The molecule has 0 bridgehead atoms. The Hall–Kier alpha value is -1.69. The summed E-state index contributed by atoms with van der Waals surface area (Å²) in [6.45, 7) is 10.6. The topological polar surface area (TPSA) is 39.5 Å². The van der Waals surface area contributed by atoms with Gasteiger partial charge in [-0.3, -0.25) is 4.90 Å². The maximum Gasteiger partial charge on any atom is 0.120 e. The van der Waals surface area contributed by atoms with Gasteiger partial charge >= 0.3 is 0 Å². The van der Waals surface area contributed by atoms with Crippen LogP contribution in [0.3, 0.4) is 0 Å². The Morgan fingerprint density at radius 2 is 1.88 bits per heavy atom. The fourth-order valence-corrected chi connectivity index (χ4v) is 3.71. The van der Waals surface area contributed by atoms with Gasteiger partial charge in [0.2, 0.25) is 0 Å². The van der Waals surface area contributed by atoms with Crippen molar-refractivity contribution in [3.63, 3.8) is 0 Å². The second-order valence-electron chi connectivity index (χ2n) is 7.34. The molecule has 0 aliphatic carbocycles. The number of benzene rings is 1. The Balaban J connectivity index is 1.61. The highest BCUT2D eigenvalue weighted by Gasteiger charge is 2.29. The lowest BCUT2D eigenvalue weighted by atomic mass is 9.91. The predicted octanol–water partition coefficient (Wildman–Crippen LogP) is 2.51. The van der Waals surface area contributed by atoms with E-state index < -0.39 is 0 Å². The van der Waals surface area contributed by atoms with E-state index in [9.17, 15) is 0 Å². The van der Waals surface area contributed by atoms with Crippen LogP contribution >= 0.6 is 0 Å². The molecule has 0 radical (unpaired) electrons. The van der Waals surface area contributed by atoms with Crippen LogP contribution in [0.4, 0.5) is 0 Å². The normalized spacial score (nSPS) is 18.8. The predicted molar refractivity (Wildman–Crippen MR) is 92.3 cm³/mol. The van der Waals surface area contributed by atoms with Gasteiger partial charge in [-0.05, 0) is 23.3 Å². The Morgan fingerprint density at radius 1 is 1.08 bits per heavy atom. The molecule has 4 rings (SSSR count). The largest absolute Gasteiger partial charge is 0.379 e. The molecule has 5 heteroatoms. The van der Waals surface area contributed by atoms with Crippen LogP contribution in [-0.2, 0) is 28.1 Å². The van der Waals surface area contributed by atoms with Gasteiger partial charge in [0.25, 0.3) is 0 Å². The van der Waals surface area contributed by atoms with Crippen LogP contribution < -0.4 is 0 Å². The van der Waals surface area contributed by atoms with Crippen molar-refractivity contribution in [2.75, 3.05) is 32.8 Å². The summed E-state index contributed by atoms with van der Waals surface area (Å²) in [5, 5.41) is 0. The van der Waals surface area contributed by atoms with Crippen molar-refractivity contribution >= 4 is 0 Å². The number of hydrogen-bond donors (Lipinski definition) is 0. The third kappa shape index (κ3) is 2.99. The number of nitrogens with zero attached hydrogens (tertiary/aromatic N) is 3. The van der Waals surface area contributed by atoms with E-state index in [0.717, 1.165) is 45.3 Å². The zero-order valence-corrected chi connectivity index (χ0v) is 14.5. The summed E-state index contributed by atoms with van der Waals surface area (Å²) in [5.74, 6) is 1.10. The van der Waals surface area contributed by atoms with Crippen molar-refractivity contribution in [1.29, 1.82) is 0 Å². The van der Waals surface area contributed by atoms with E-state index in [1.807, 2.05) is 6.20 Å². The zero-order valence-electron chi connectivity index (χ0n) is 14.5. The molecule has 5 nitrogen and oxygen atoms in total. The van der Waals surface area contributed by atoms with Crippen LogP contribution in [0.15, 0.2) is 30.6 Å². The van der Waals surface area contributed by atoms with Crippen LogP contribution in [0.2, 0.25) is 0 Å². The lowest BCUT2D eigenvalue weighted by Crippen LogP contribution is -2.44. The molecule has 128 valence electrons. The number of aromatic nitrogens is 2. The van der Waals surface area contributed by atoms with Gasteiger partial charge in [0.1, 0.15) is 5.82 Å². The van der Waals surface area contributed by atoms with Gasteiger partial charge in [0, 0.05) is 43.1 Å². The summed E-state index contributed by atoms with van der Waals surface area (Å²) in [6, 6.07) is 6.58. The molecule has 0 N–H and O–H groups in total. The fraction of sp³-hybridized carbons (Fsp3) is 0.526. The average molecular weight is 327 g/mol. The third-order valence-electron chi connectivity index (χ3n) is 4.95. The molecule has 24 heavy (non-hydrogen) atoms. The van der Waals surface area contributed by atoms with Gasteiger partial charge in [0.05, 0.1) is 26.4 Å². The molecule has 0 atom stereocenters. The Kier molecular flexibility index (Phi) is 4.16. The molecule has 1 fully saturated rings. The Bertz CT molecular complexity index is 717. The lowest BCUT2D eigenvalue weighted by Gasteiger charge is -2.34. The number of fused-ring (bicyclic) bond motifs is 1. The number of ether oxygens (including phenoxy) is 2. The zero-order chi connectivity index (χ0) is 16.6. The SMILES string of the molecule is CC(C)(CN1CCOCC1)c1nccn1-c1ccc2c(c1)COC2. The Labute approximate surface area is 143 Å². The maximum atomic E-state index is 5.54. The molecule has 2 aliphatic rings. The highest BCUT2D eigenvalue weighted by molar-refractivity contribution is 5.43. The van der Waals surface area contributed by atoms with Gasteiger partial charge in [-0.15, -0.1) is 0 Å². The Morgan fingerprint density at radius 3 is 2.71 bits per heavy atom. The summed E-state index contributed by atoms with van der Waals surface area (Å²) >= 11 is 0. The summed E-state index contributed by atoms with van der Waals surface area (Å²) < 4.78 is 13.2. The fourth-order valence-electron chi connectivity index (χ4n) is 3.71. The minimum Gasteiger partial charge on any atom is -0.379 e. The number of morpholine rings is 1. The summed E-state index contributed by atoms with van der Waals surface area (Å²) in [4.78, 5) is 7.17. The first-order valence-corrected chi connectivity index (χ1v) is 8.67. The van der Waals surface area contributed by atoms with Crippen molar-refractivity contribution < 1.29 is 9.47 Å². The summed E-state index contributed by atoms with van der Waals surface area (Å²) in [6.07, 6.45) is 3.97. The molecule has 0 saturated carbocycles. The van der Waals surface area contributed by atoms with Gasteiger partial charge in [0.15, 0.2) is 0 Å². The van der Waals surface area contributed by atoms with E-state index >= 15 is 0 Å². The molecule has 0 spiro atoms. The van der Waals surface area contributed by atoms with Gasteiger partial charge in [-0.25, -0.2) is 4.98 Å². The first-order chi connectivity index (χ1) is 11.6. The molecule has 1 saturated heterocycles. The minimum atomic E-state index is -0.0314. The van der Waals surface area contributed by atoms with Crippen LogP contribution in [0.5, 0.6) is 0 Å². The first kappa shape index (κ1) is 15.8.